The van der Waals surface area contributed by atoms with Crippen molar-refractivity contribution >= 4 is 17.5 Å². The predicted octanol–water partition coefficient (Wildman–Crippen LogP) is 3.38. The minimum atomic E-state index is -0.162. The van der Waals surface area contributed by atoms with E-state index in [1.807, 2.05) is 18.2 Å². The number of ether oxygens (including phenoxy) is 1. The Hall–Kier alpha value is -2.82. The van der Waals surface area contributed by atoms with Crippen LogP contribution >= 0.6 is 0 Å². The molecule has 0 heterocycles. The molecule has 3 rings (SSSR count). The summed E-state index contributed by atoms with van der Waals surface area (Å²) in [5.74, 6) is 0.345. The molecule has 2 N–H and O–H groups in total. The second kappa shape index (κ2) is 8.33. The Labute approximate surface area is 147 Å². The van der Waals surface area contributed by atoms with Crippen LogP contribution in [0, 0.1) is 0 Å². The Morgan fingerprint density at radius 3 is 2.32 bits per heavy atom. The van der Waals surface area contributed by atoms with Crippen LogP contribution in [0.2, 0.25) is 0 Å². The van der Waals surface area contributed by atoms with Gasteiger partial charge >= 0.3 is 0 Å². The van der Waals surface area contributed by atoms with Gasteiger partial charge in [0, 0.05) is 17.3 Å². The van der Waals surface area contributed by atoms with Gasteiger partial charge in [0.2, 0.25) is 0 Å². The highest BCUT2D eigenvalue weighted by Gasteiger charge is 2.17. The van der Waals surface area contributed by atoms with Gasteiger partial charge in [0.05, 0.1) is 0 Å². The van der Waals surface area contributed by atoms with Gasteiger partial charge < -0.3 is 15.4 Å². The first-order chi connectivity index (χ1) is 12.2. The lowest BCUT2D eigenvalue weighted by Crippen LogP contribution is -2.36. The number of anilines is 1. The first kappa shape index (κ1) is 17.0. The molecule has 0 aromatic heterocycles. The van der Waals surface area contributed by atoms with Crippen LogP contribution in [0.4, 0.5) is 5.69 Å². The monoisotopic (exact) mass is 338 g/mol. The van der Waals surface area contributed by atoms with Crippen LogP contribution in [-0.4, -0.2) is 24.5 Å². The molecule has 0 aliphatic heterocycles. The lowest BCUT2D eigenvalue weighted by Gasteiger charge is -2.12. The predicted molar refractivity (Wildman–Crippen MR) is 96.7 cm³/mol. The first-order valence-electron chi connectivity index (χ1n) is 8.59. The van der Waals surface area contributed by atoms with Crippen LogP contribution < -0.4 is 15.4 Å². The van der Waals surface area contributed by atoms with Crippen LogP contribution in [0.3, 0.4) is 0 Å². The fourth-order valence-electron chi connectivity index (χ4n) is 2.92. The molecule has 1 saturated carbocycles. The minimum Gasteiger partial charge on any atom is -0.484 e. The average Bonchev–Trinajstić information content (AvgIpc) is 3.15. The van der Waals surface area contributed by atoms with E-state index >= 15 is 0 Å². The van der Waals surface area contributed by atoms with E-state index in [9.17, 15) is 9.59 Å². The van der Waals surface area contributed by atoms with Gasteiger partial charge in [-0.2, -0.15) is 0 Å². The zero-order valence-corrected chi connectivity index (χ0v) is 14.0. The normalized spacial score (nSPS) is 14.1. The van der Waals surface area contributed by atoms with Gasteiger partial charge in [-0.25, -0.2) is 0 Å². The second-order valence-corrected chi connectivity index (χ2v) is 6.18. The summed E-state index contributed by atoms with van der Waals surface area (Å²) in [5.41, 5.74) is 1.28. The molecule has 0 atom stereocenters. The summed E-state index contributed by atoms with van der Waals surface area (Å²) in [6.45, 7) is 0.00617. The molecule has 130 valence electrons. The van der Waals surface area contributed by atoms with Crippen LogP contribution in [-0.2, 0) is 4.79 Å². The quantitative estimate of drug-likeness (QED) is 0.848. The van der Waals surface area contributed by atoms with Crippen molar-refractivity contribution in [2.75, 3.05) is 11.9 Å². The molecule has 0 spiro atoms. The number of nitrogens with one attached hydrogen (secondary N) is 2. The van der Waals surface area contributed by atoms with Gasteiger partial charge in [-0.05, 0) is 49.2 Å². The number of carbonyl (C=O) groups excluding carboxylic acids is 2. The maximum atomic E-state index is 12.1. The van der Waals surface area contributed by atoms with E-state index in [-0.39, 0.29) is 18.4 Å². The number of amides is 2. The average molecular weight is 338 g/mol. The van der Waals surface area contributed by atoms with Crippen molar-refractivity contribution in [1.29, 1.82) is 0 Å². The molecule has 2 aromatic carbocycles. The Morgan fingerprint density at radius 1 is 0.960 bits per heavy atom. The molecule has 0 radical (unpaired) electrons. The van der Waals surface area contributed by atoms with Gasteiger partial charge in [-0.15, -0.1) is 0 Å². The number of benzene rings is 2. The molecule has 0 unspecified atom stereocenters. The Morgan fingerprint density at radius 2 is 1.64 bits per heavy atom. The topological polar surface area (TPSA) is 67.4 Å². The molecule has 2 aromatic rings. The van der Waals surface area contributed by atoms with Crippen LogP contribution in [0.1, 0.15) is 36.0 Å². The highest BCUT2D eigenvalue weighted by atomic mass is 16.5. The maximum Gasteiger partial charge on any atom is 0.258 e. The largest absolute Gasteiger partial charge is 0.484 e. The number of carbonyl (C=O) groups is 2. The zero-order valence-electron chi connectivity index (χ0n) is 14.0. The summed E-state index contributed by atoms with van der Waals surface area (Å²) in [4.78, 5) is 23.9. The minimum absolute atomic E-state index is 0.00617. The fraction of sp³-hybridized carbons (Fsp3) is 0.300. The molecular formula is C20H22N2O3. The lowest BCUT2D eigenvalue weighted by molar-refractivity contribution is -0.123. The molecule has 25 heavy (non-hydrogen) atoms. The van der Waals surface area contributed by atoms with E-state index in [0.717, 1.165) is 12.8 Å². The summed E-state index contributed by atoms with van der Waals surface area (Å²) in [6, 6.07) is 16.3. The summed E-state index contributed by atoms with van der Waals surface area (Å²) in [7, 11) is 0. The maximum absolute atomic E-state index is 12.1. The highest BCUT2D eigenvalue weighted by molar-refractivity contribution is 6.04. The molecule has 1 aliphatic rings. The third kappa shape index (κ3) is 5.08. The zero-order chi connectivity index (χ0) is 17.5. The number of rotatable bonds is 6. The third-order valence-corrected chi connectivity index (χ3v) is 4.24. The molecule has 2 amide bonds. The highest BCUT2D eigenvalue weighted by Crippen LogP contribution is 2.18. The van der Waals surface area contributed by atoms with Gasteiger partial charge in [-0.3, -0.25) is 9.59 Å². The molecule has 1 aliphatic carbocycles. The second-order valence-electron chi connectivity index (χ2n) is 6.18. The van der Waals surface area contributed by atoms with E-state index in [0.29, 0.717) is 23.0 Å². The van der Waals surface area contributed by atoms with Crippen molar-refractivity contribution in [3.63, 3.8) is 0 Å². The smallest absolute Gasteiger partial charge is 0.258 e. The van der Waals surface area contributed by atoms with Crippen LogP contribution in [0.5, 0.6) is 5.75 Å². The lowest BCUT2D eigenvalue weighted by atomic mass is 10.2. The molecule has 5 nitrogen and oxygen atoms in total. The molecule has 0 bridgehead atoms. The van der Waals surface area contributed by atoms with Gasteiger partial charge in [0.1, 0.15) is 5.75 Å². The Balaban J connectivity index is 1.47. The molecule has 5 heteroatoms. The Bertz CT molecular complexity index is 707. The van der Waals surface area contributed by atoms with Crippen LogP contribution in [0.15, 0.2) is 54.6 Å². The Kier molecular flexibility index (Phi) is 5.67. The van der Waals surface area contributed by atoms with Crippen molar-refractivity contribution in [1.82, 2.24) is 5.32 Å². The van der Waals surface area contributed by atoms with E-state index in [2.05, 4.69) is 10.6 Å². The molecule has 0 saturated heterocycles. The van der Waals surface area contributed by atoms with E-state index in [1.165, 1.54) is 12.8 Å². The molecular weight excluding hydrogens is 316 g/mol. The summed E-state index contributed by atoms with van der Waals surface area (Å²) >= 11 is 0. The van der Waals surface area contributed by atoms with Gasteiger partial charge in [-0.1, -0.05) is 31.0 Å². The summed E-state index contributed by atoms with van der Waals surface area (Å²) in [6.07, 6.45) is 4.48. The van der Waals surface area contributed by atoms with Gasteiger partial charge in [0.25, 0.3) is 11.8 Å². The van der Waals surface area contributed by atoms with E-state index in [1.54, 1.807) is 36.4 Å². The van der Waals surface area contributed by atoms with Crippen molar-refractivity contribution < 1.29 is 14.3 Å². The van der Waals surface area contributed by atoms with Crippen molar-refractivity contribution in [3.8, 4) is 5.75 Å². The van der Waals surface area contributed by atoms with Crippen LogP contribution in [0.25, 0.3) is 0 Å². The van der Waals surface area contributed by atoms with E-state index in [4.69, 9.17) is 4.74 Å². The third-order valence-electron chi connectivity index (χ3n) is 4.24. The van der Waals surface area contributed by atoms with Crippen molar-refractivity contribution in [2.45, 2.75) is 31.7 Å². The van der Waals surface area contributed by atoms with Gasteiger partial charge in [0.15, 0.2) is 6.61 Å². The summed E-state index contributed by atoms with van der Waals surface area (Å²) < 4.78 is 5.50. The summed E-state index contributed by atoms with van der Waals surface area (Å²) in [5, 5.41) is 5.81. The fourth-order valence-corrected chi connectivity index (χ4v) is 2.92. The van der Waals surface area contributed by atoms with E-state index < -0.39 is 0 Å². The first-order valence-corrected chi connectivity index (χ1v) is 8.59. The number of hydrogen-bond donors (Lipinski definition) is 2. The standard InChI is InChI=1S/C20H22N2O3/c23-19(21-16-8-4-5-9-16)14-25-18-12-10-17(11-13-18)22-20(24)15-6-2-1-3-7-15/h1-3,6-7,10-13,16H,4-5,8-9,14H2,(H,21,23)(H,22,24). The molecule has 1 fully saturated rings. The van der Waals surface area contributed by atoms with Crippen molar-refractivity contribution in [2.24, 2.45) is 0 Å². The number of hydrogen-bond acceptors (Lipinski definition) is 3. The SMILES string of the molecule is O=C(COc1ccc(NC(=O)c2ccccc2)cc1)NC1CCCC1. The van der Waals surface area contributed by atoms with Crippen molar-refractivity contribution in [3.05, 3.63) is 60.2 Å².